The van der Waals surface area contributed by atoms with Crippen molar-refractivity contribution >= 4 is 23.5 Å². The molecule has 0 spiro atoms. The Morgan fingerprint density at radius 2 is 1.89 bits per heavy atom. The van der Waals surface area contributed by atoms with Gasteiger partial charge in [-0.1, -0.05) is 0 Å². The van der Waals surface area contributed by atoms with E-state index in [9.17, 15) is 9.59 Å². The van der Waals surface area contributed by atoms with E-state index in [0.29, 0.717) is 16.2 Å². The van der Waals surface area contributed by atoms with Crippen LogP contribution in [0.4, 0.5) is 0 Å². The molecule has 0 atom stereocenters. The van der Waals surface area contributed by atoms with Gasteiger partial charge in [-0.25, -0.2) is 4.79 Å². The fourth-order valence-electron chi connectivity index (χ4n) is 1.39. The van der Waals surface area contributed by atoms with E-state index in [-0.39, 0.29) is 12.4 Å². The molecule has 0 heterocycles. The summed E-state index contributed by atoms with van der Waals surface area (Å²) in [4.78, 5) is 23.9. The molecule has 0 unspecified atom stereocenters. The number of methoxy groups -OCH3 is 1. The van der Waals surface area contributed by atoms with Crippen molar-refractivity contribution in [3.05, 3.63) is 40.8 Å². The lowest BCUT2D eigenvalue weighted by atomic mass is 10.1. The average molecular weight is 280 g/mol. The van der Waals surface area contributed by atoms with Gasteiger partial charge in [-0.15, -0.1) is 11.8 Å². The third-order valence-electron chi connectivity index (χ3n) is 2.33. The fourth-order valence-corrected chi connectivity index (χ4v) is 1.91. The summed E-state index contributed by atoms with van der Waals surface area (Å²) in [5, 5.41) is 0. The molecule has 1 rings (SSSR count). The van der Waals surface area contributed by atoms with E-state index in [1.807, 2.05) is 0 Å². The molecule has 1 aromatic carbocycles. The van der Waals surface area contributed by atoms with Crippen molar-refractivity contribution in [2.45, 2.75) is 6.92 Å². The first kappa shape index (κ1) is 15.3. The maximum atomic E-state index is 12.2. The first-order valence-electron chi connectivity index (χ1n) is 5.73. The van der Waals surface area contributed by atoms with Gasteiger partial charge in [0.05, 0.1) is 18.6 Å². The molecule has 1 aromatic rings. The quantitative estimate of drug-likeness (QED) is 0.455. The number of ether oxygens (including phenoxy) is 2. The topological polar surface area (TPSA) is 52.6 Å². The minimum atomic E-state index is -0.506. The van der Waals surface area contributed by atoms with Gasteiger partial charge in [-0.3, -0.25) is 4.79 Å². The molecule has 0 aliphatic heterocycles. The van der Waals surface area contributed by atoms with Gasteiger partial charge in [0.15, 0.2) is 5.78 Å². The number of benzene rings is 1. The number of Topliss-reactive ketones (excluding diaryl/α,β-unsaturated/α-hetero) is 1. The highest BCUT2D eigenvalue weighted by Gasteiger charge is 2.13. The summed E-state index contributed by atoms with van der Waals surface area (Å²) < 4.78 is 9.82. The number of allylic oxidation sites excluding steroid dienone is 1. The van der Waals surface area contributed by atoms with E-state index in [1.165, 1.54) is 17.8 Å². The minimum Gasteiger partial charge on any atom is -0.497 e. The van der Waals surface area contributed by atoms with Crippen molar-refractivity contribution in [2.75, 3.05) is 20.0 Å². The number of carbonyl (C=O) groups is 2. The number of hydrogen-bond donors (Lipinski definition) is 0. The van der Waals surface area contributed by atoms with Crippen LogP contribution < -0.4 is 4.74 Å². The van der Waals surface area contributed by atoms with Gasteiger partial charge in [0.1, 0.15) is 5.75 Å². The number of rotatable bonds is 6. The molecule has 0 aromatic heterocycles. The molecule has 19 heavy (non-hydrogen) atoms. The van der Waals surface area contributed by atoms with Crippen LogP contribution in [0.25, 0.3) is 0 Å². The molecule has 5 heteroatoms. The van der Waals surface area contributed by atoms with Gasteiger partial charge in [0.25, 0.3) is 0 Å². The van der Waals surface area contributed by atoms with Crippen LogP contribution in [0.1, 0.15) is 17.3 Å². The van der Waals surface area contributed by atoms with Crippen LogP contribution in [0.3, 0.4) is 0 Å². The number of esters is 1. The lowest BCUT2D eigenvalue weighted by Gasteiger charge is -2.05. The second-order valence-corrected chi connectivity index (χ2v) is 4.37. The Kier molecular flexibility index (Phi) is 6.15. The smallest absolute Gasteiger partial charge is 0.332 e. The van der Waals surface area contributed by atoms with Crippen LogP contribution in [0, 0.1) is 0 Å². The van der Waals surface area contributed by atoms with Gasteiger partial charge in [0.2, 0.25) is 0 Å². The zero-order chi connectivity index (χ0) is 14.3. The zero-order valence-corrected chi connectivity index (χ0v) is 12.0. The minimum absolute atomic E-state index is 0.205. The normalized spacial score (nSPS) is 11.0. The third kappa shape index (κ3) is 4.44. The molecule has 0 amide bonds. The van der Waals surface area contributed by atoms with E-state index in [4.69, 9.17) is 9.47 Å². The fraction of sp³-hybridized carbons (Fsp3) is 0.286. The Morgan fingerprint density at radius 3 is 2.37 bits per heavy atom. The zero-order valence-electron chi connectivity index (χ0n) is 11.1. The Balaban J connectivity index is 2.91. The lowest BCUT2D eigenvalue weighted by Crippen LogP contribution is -2.06. The molecule has 4 nitrogen and oxygen atoms in total. The molecule has 0 aliphatic rings. The number of carbonyl (C=O) groups excluding carboxylic acids is 2. The molecule has 0 radical (unpaired) electrons. The summed E-state index contributed by atoms with van der Waals surface area (Å²) in [6, 6.07) is 6.73. The maximum absolute atomic E-state index is 12.2. The van der Waals surface area contributed by atoms with E-state index < -0.39 is 5.97 Å². The maximum Gasteiger partial charge on any atom is 0.332 e. The summed E-state index contributed by atoms with van der Waals surface area (Å²) >= 11 is 1.22. The second-order valence-electron chi connectivity index (χ2n) is 3.52. The highest BCUT2D eigenvalue weighted by atomic mass is 32.2. The third-order valence-corrected chi connectivity index (χ3v) is 3.07. The second kappa shape index (κ2) is 7.63. The van der Waals surface area contributed by atoms with Crippen molar-refractivity contribution in [3.63, 3.8) is 0 Å². The van der Waals surface area contributed by atoms with E-state index in [0.717, 1.165) is 0 Å². The van der Waals surface area contributed by atoms with Crippen molar-refractivity contribution < 1.29 is 19.1 Å². The molecule has 0 aliphatic carbocycles. The molecule has 0 saturated carbocycles. The van der Waals surface area contributed by atoms with Crippen LogP contribution in [0.15, 0.2) is 35.2 Å². The van der Waals surface area contributed by atoms with E-state index in [1.54, 1.807) is 44.6 Å². The summed E-state index contributed by atoms with van der Waals surface area (Å²) in [5.41, 5.74) is 0.505. The Hall–Kier alpha value is -1.75. The number of thioether (sulfide) groups is 1. The molecular weight excluding hydrogens is 264 g/mol. The molecule has 102 valence electrons. The van der Waals surface area contributed by atoms with Crippen molar-refractivity contribution in [1.82, 2.24) is 0 Å². The van der Waals surface area contributed by atoms with Crippen molar-refractivity contribution in [3.8, 4) is 5.75 Å². The summed E-state index contributed by atoms with van der Waals surface area (Å²) in [7, 11) is 1.56. The van der Waals surface area contributed by atoms with Gasteiger partial charge in [-0.05, 0) is 37.4 Å². The molecule has 0 bridgehead atoms. The number of ketones is 1. The van der Waals surface area contributed by atoms with E-state index in [2.05, 4.69) is 0 Å². The molecule has 0 fully saturated rings. The summed E-state index contributed by atoms with van der Waals surface area (Å²) in [6.07, 6.45) is 2.97. The SMILES string of the molecule is CCOC(=O)/C=C(/SC)C(=O)c1ccc(OC)cc1. The molecule has 0 saturated heterocycles. The largest absolute Gasteiger partial charge is 0.497 e. The van der Waals surface area contributed by atoms with Gasteiger partial charge in [0, 0.05) is 11.6 Å². The van der Waals surface area contributed by atoms with Crippen LogP contribution in [0.5, 0.6) is 5.75 Å². The Labute approximate surface area is 116 Å². The average Bonchev–Trinajstić information content (AvgIpc) is 2.44. The predicted octanol–water partition coefficient (Wildman–Crippen LogP) is 2.69. The first-order chi connectivity index (χ1) is 9.12. The van der Waals surface area contributed by atoms with Gasteiger partial charge < -0.3 is 9.47 Å². The molecular formula is C14H16O4S. The van der Waals surface area contributed by atoms with Crippen molar-refractivity contribution in [1.29, 1.82) is 0 Å². The predicted molar refractivity (Wildman–Crippen MR) is 75.6 cm³/mol. The summed E-state index contributed by atoms with van der Waals surface area (Å²) in [5.74, 6) is -0.0338. The Morgan fingerprint density at radius 1 is 1.26 bits per heavy atom. The van der Waals surface area contributed by atoms with Crippen LogP contribution in [0.2, 0.25) is 0 Å². The highest BCUT2D eigenvalue weighted by Crippen LogP contribution is 2.20. The Bertz CT molecular complexity index is 477. The number of hydrogen-bond acceptors (Lipinski definition) is 5. The van der Waals surface area contributed by atoms with E-state index >= 15 is 0 Å². The lowest BCUT2D eigenvalue weighted by molar-refractivity contribution is -0.137. The van der Waals surface area contributed by atoms with Crippen molar-refractivity contribution in [2.24, 2.45) is 0 Å². The monoisotopic (exact) mass is 280 g/mol. The summed E-state index contributed by atoms with van der Waals surface area (Å²) in [6.45, 7) is 2.00. The standard InChI is InChI=1S/C14H16O4S/c1-4-18-13(15)9-12(19-3)14(16)10-5-7-11(17-2)8-6-10/h5-9H,4H2,1-3H3/b12-9+. The van der Waals surface area contributed by atoms with Crippen LogP contribution in [-0.4, -0.2) is 31.7 Å². The van der Waals surface area contributed by atoms with Gasteiger partial charge >= 0.3 is 5.97 Å². The van der Waals surface area contributed by atoms with Crippen LogP contribution >= 0.6 is 11.8 Å². The first-order valence-corrected chi connectivity index (χ1v) is 6.96. The molecule has 0 N–H and O–H groups in total. The van der Waals surface area contributed by atoms with Gasteiger partial charge in [-0.2, -0.15) is 0 Å². The van der Waals surface area contributed by atoms with Crippen LogP contribution in [-0.2, 0) is 9.53 Å². The highest BCUT2D eigenvalue weighted by molar-refractivity contribution is 8.03.